The average Bonchev–Trinajstić information content (AvgIpc) is 2.82. The van der Waals surface area contributed by atoms with E-state index >= 15 is 0 Å². The highest BCUT2D eigenvalue weighted by molar-refractivity contribution is 6.33. The van der Waals surface area contributed by atoms with Crippen molar-refractivity contribution < 1.29 is 24.0 Å². The van der Waals surface area contributed by atoms with E-state index in [1.807, 2.05) is 31.2 Å². The highest BCUT2D eigenvalue weighted by atomic mass is 35.5. The van der Waals surface area contributed by atoms with Gasteiger partial charge in [-0.05, 0) is 30.7 Å². The molecular weight excluding hydrogens is 462 g/mol. The largest absolute Gasteiger partial charge is 0.452 e. The predicted octanol–water partition coefficient (Wildman–Crippen LogP) is 4.28. The van der Waals surface area contributed by atoms with Gasteiger partial charge in [-0.15, -0.1) is 0 Å². The van der Waals surface area contributed by atoms with Crippen molar-refractivity contribution >= 4 is 40.8 Å². The van der Waals surface area contributed by atoms with Crippen molar-refractivity contribution in [1.29, 1.82) is 0 Å². The number of hydrogen-bond donors (Lipinski definition) is 2. The second-order valence-electron chi connectivity index (χ2n) is 7.26. The van der Waals surface area contributed by atoms with Crippen molar-refractivity contribution in [3.63, 3.8) is 0 Å². The topological polar surface area (TPSA) is 128 Å². The zero-order valence-corrected chi connectivity index (χ0v) is 18.8. The third-order valence-corrected chi connectivity index (χ3v) is 5.05. The molecule has 0 saturated carbocycles. The van der Waals surface area contributed by atoms with Gasteiger partial charge in [0.1, 0.15) is 0 Å². The summed E-state index contributed by atoms with van der Waals surface area (Å²) in [5.74, 6) is -1.98. The summed E-state index contributed by atoms with van der Waals surface area (Å²) < 4.78 is 4.95. The molecule has 0 aliphatic heterocycles. The number of carbonyl (C=O) groups excluding carboxylic acids is 3. The quantitative estimate of drug-likeness (QED) is 0.281. The first-order valence-corrected chi connectivity index (χ1v) is 10.5. The molecule has 0 aliphatic carbocycles. The second-order valence-corrected chi connectivity index (χ2v) is 7.67. The number of non-ortho nitro benzene ring substituents is 1. The lowest BCUT2D eigenvalue weighted by Gasteiger charge is -2.12. The number of benzene rings is 3. The van der Waals surface area contributed by atoms with Crippen molar-refractivity contribution in [3.8, 4) is 0 Å². The molecule has 0 bridgehead atoms. The van der Waals surface area contributed by atoms with E-state index in [0.717, 1.165) is 29.3 Å². The Kier molecular flexibility index (Phi) is 7.94. The third-order valence-electron chi connectivity index (χ3n) is 4.74. The highest BCUT2D eigenvalue weighted by Crippen LogP contribution is 2.23. The molecule has 174 valence electrons. The van der Waals surface area contributed by atoms with Gasteiger partial charge in [0.2, 0.25) is 0 Å². The Hall–Kier alpha value is -4.24. The van der Waals surface area contributed by atoms with Crippen molar-refractivity contribution in [2.45, 2.75) is 13.5 Å². The Morgan fingerprint density at radius 2 is 1.71 bits per heavy atom. The number of halogens is 1. The van der Waals surface area contributed by atoms with Crippen LogP contribution in [0.5, 0.6) is 0 Å². The standard InChI is InChI=1S/C24H20ClN3O6/c1-15-6-8-16(9-7-15)13-26-23(30)19-4-2-3-5-21(19)27-22(29)14-34-24(31)18-11-10-17(28(32)33)12-20(18)25/h2-12H,13-14H2,1H3,(H,26,30)(H,27,29). The summed E-state index contributed by atoms with van der Waals surface area (Å²) in [4.78, 5) is 47.3. The first kappa shape index (κ1) is 24.4. The SMILES string of the molecule is Cc1ccc(CNC(=O)c2ccccc2NC(=O)COC(=O)c2ccc([N+](=O)[O-])cc2Cl)cc1. The van der Waals surface area contributed by atoms with Crippen LogP contribution in [0, 0.1) is 17.0 Å². The number of nitrogens with zero attached hydrogens (tertiary/aromatic N) is 1. The first-order valence-electron chi connectivity index (χ1n) is 10.1. The van der Waals surface area contributed by atoms with Gasteiger partial charge in [-0.2, -0.15) is 0 Å². The number of amides is 2. The Morgan fingerprint density at radius 1 is 1.00 bits per heavy atom. The number of ether oxygens (including phenoxy) is 1. The van der Waals surface area contributed by atoms with E-state index in [0.29, 0.717) is 6.54 Å². The monoisotopic (exact) mass is 481 g/mol. The summed E-state index contributed by atoms with van der Waals surface area (Å²) in [5, 5.41) is 15.9. The van der Waals surface area contributed by atoms with Crippen LogP contribution in [-0.4, -0.2) is 29.3 Å². The molecule has 0 heterocycles. The van der Waals surface area contributed by atoms with Crippen LogP contribution >= 0.6 is 11.6 Å². The van der Waals surface area contributed by atoms with Gasteiger partial charge >= 0.3 is 5.97 Å². The van der Waals surface area contributed by atoms with Gasteiger partial charge in [-0.3, -0.25) is 19.7 Å². The number of rotatable bonds is 8. The lowest BCUT2D eigenvalue weighted by Crippen LogP contribution is -2.26. The maximum absolute atomic E-state index is 12.6. The molecule has 2 amide bonds. The first-order chi connectivity index (χ1) is 16.2. The van der Waals surface area contributed by atoms with Crippen LogP contribution in [0.4, 0.5) is 11.4 Å². The van der Waals surface area contributed by atoms with Crippen LogP contribution in [0.2, 0.25) is 5.02 Å². The molecule has 0 fully saturated rings. The summed E-state index contributed by atoms with van der Waals surface area (Å²) in [6.45, 7) is 1.64. The van der Waals surface area contributed by atoms with Crippen LogP contribution < -0.4 is 10.6 Å². The van der Waals surface area contributed by atoms with Crippen LogP contribution in [0.25, 0.3) is 0 Å². The molecule has 9 nitrogen and oxygen atoms in total. The molecule has 3 aromatic carbocycles. The molecule has 3 rings (SSSR count). The minimum absolute atomic E-state index is 0.115. The van der Waals surface area contributed by atoms with Gasteiger partial charge in [0.25, 0.3) is 17.5 Å². The minimum Gasteiger partial charge on any atom is -0.452 e. The Labute approximate surface area is 199 Å². The van der Waals surface area contributed by atoms with Gasteiger partial charge in [0.15, 0.2) is 6.61 Å². The summed E-state index contributed by atoms with van der Waals surface area (Å²) in [6.07, 6.45) is 0. The summed E-state index contributed by atoms with van der Waals surface area (Å²) in [5.41, 5.74) is 2.13. The van der Waals surface area contributed by atoms with Crippen molar-refractivity contribution in [3.05, 3.63) is 104 Å². The van der Waals surface area contributed by atoms with E-state index in [9.17, 15) is 24.5 Å². The maximum Gasteiger partial charge on any atom is 0.340 e. The Balaban J connectivity index is 1.59. The van der Waals surface area contributed by atoms with Gasteiger partial charge in [-0.25, -0.2) is 4.79 Å². The number of nitro benzene ring substituents is 1. The van der Waals surface area contributed by atoms with Crippen molar-refractivity contribution in [2.75, 3.05) is 11.9 Å². The fourth-order valence-corrected chi connectivity index (χ4v) is 3.20. The molecule has 2 N–H and O–H groups in total. The summed E-state index contributed by atoms with van der Waals surface area (Å²) in [6, 6.07) is 17.4. The second kappa shape index (κ2) is 11.1. The molecule has 3 aromatic rings. The molecule has 0 atom stereocenters. The van der Waals surface area contributed by atoms with Gasteiger partial charge in [-0.1, -0.05) is 53.6 Å². The van der Waals surface area contributed by atoms with E-state index in [-0.39, 0.29) is 33.4 Å². The van der Waals surface area contributed by atoms with E-state index in [1.54, 1.807) is 24.3 Å². The number of hydrogen-bond acceptors (Lipinski definition) is 6. The van der Waals surface area contributed by atoms with Gasteiger partial charge in [0, 0.05) is 18.7 Å². The molecule has 0 saturated heterocycles. The van der Waals surface area contributed by atoms with E-state index in [2.05, 4.69) is 10.6 Å². The number of nitrogens with one attached hydrogen (secondary N) is 2. The lowest BCUT2D eigenvalue weighted by molar-refractivity contribution is -0.384. The van der Waals surface area contributed by atoms with Crippen LogP contribution in [0.3, 0.4) is 0 Å². The van der Waals surface area contributed by atoms with E-state index in [4.69, 9.17) is 16.3 Å². The van der Waals surface area contributed by atoms with Crippen molar-refractivity contribution in [1.82, 2.24) is 5.32 Å². The normalized spacial score (nSPS) is 10.3. The molecular formula is C24H20ClN3O6. The average molecular weight is 482 g/mol. The minimum atomic E-state index is -0.917. The Morgan fingerprint density at radius 3 is 2.38 bits per heavy atom. The fraction of sp³-hybridized carbons (Fsp3) is 0.125. The lowest BCUT2D eigenvalue weighted by atomic mass is 10.1. The molecule has 0 unspecified atom stereocenters. The molecule has 0 radical (unpaired) electrons. The summed E-state index contributed by atoms with van der Waals surface area (Å²) in [7, 11) is 0. The molecule has 10 heteroatoms. The van der Waals surface area contributed by atoms with Crippen molar-refractivity contribution in [2.24, 2.45) is 0 Å². The van der Waals surface area contributed by atoms with Gasteiger partial charge < -0.3 is 15.4 Å². The maximum atomic E-state index is 12.6. The van der Waals surface area contributed by atoms with Gasteiger partial charge in [0.05, 0.1) is 26.8 Å². The molecule has 0 aliphatic rings. The zero-order chi connectivity index (χ0) is 24.7. The fourth-order valence-electron chi connectivity index (χ4n) is 2.95. The number of esters is 1. The molecule has 34 heavy (non-hydrogen) atoms. The van der Waals surface area contributed by atoms with E-state index < -0.39 is 23.4 Å². The van der Waals surface area contributed by atoms with Crippen LogP contribution in [-0.2, 0) is 16.1 Å². The van der Waals surface area contributed by atoms with E-state index in [1.165, 1.54) is 0 Å². The summed E-state index contributed by atoms with van der Waals surface area (Å²) >= 11 is 5.90. The molecule has 0 aromatic heterocycles. The smallest absolute Gasteiger partial charge is 0.340 e. The van der Waals surface area contributed by atoms with Crippen LogP contribution in [0.1, 0.15) is 31.8 Å². The third kappa shape index (κ3) is 6.39. The predicted molar refractivity (Wildman–Crippen MR) is 126 cm³/mol. The number of nitro groups is 1. The highest BCUT2D eigenvalue weighted by Gasteiger charge is 2.18. The number of aryl methyl sites for hydroxylation is 1. The zero-order valence-electron chi connectivity index (χ0n) is 18.0. The van der Waals surface area contributed by atoms with Crippen LogP contribution in [0.15, 0.2) is 66.7 Å². The number of anilines is 1. The number of para-hydroxylation sites is 1. The Bertz CT molecular complexity index is 1240. The molecule has 0 spiro atoms. The number of carbonyl (C=O) groups is 3.